The van der Waals surface area contributed by atoms with Gasteiger partial charge < -0.3 is 9.52 Å². The lowest BCUT2D eigenvalue weighted by molar-refractivity contribution is 0.0655. The van der Waals surface area contributed by atoms with Crippen molar-refractivity contribution in [2.45, 2.75) is 36.7 Å². The molecule has 27 heavy (non-hydrogen) atoms. The molecule has 0 amide bonds. The summed E-state index contributed by atoms with van der Waals surface area (Å²) in [5, 5.41) is 13.0. The second-order valence-corrected chi connectivity index (χ2v) is 10.1. The summed E-state index contributed by atoms with van der Waals surface area (Å²) in [6.07, 6.45) is 1.45. The SMILES string of the molecule is CC(C)(C)c1ccc(S(=O)(=O)NCC(O)(c2ccco2)c2cccs2)cc1. The van der Waals surface area contributed by atoms with Crippen molar-refractivity contribution in [2.24, 2.45) is 0 Å². The third-order valence-corrected chi connectivity index (χ3v) is 6.84. The van der Waals surface area contributed by atoms with E-state index < -0.39 is 15.6 Å². The predicted octanol–water partition coefficient (Wildman–Crippen LogP) is 3.85. The van der Waals surface area contributed by atoms with E-state index in [0.29, 0.717) is 4.88 Å². The Kier molecular flexibility index (Phi) is 5.31. The highest BCUT2D eigenvalue weighted by Gasteiger charge is 2.37. The molecule has 0 aliphatic carbocycles. The molecule has 2 heterocycles. The largest absolute Gasteiger partial charge is 0.466 e. The second-order valence-electron chi connectivity index (χ2n) is 7.41. The van der Waals surface area contributed by atoms with Crippen LogP contribution in [0.2, 0.25) is 0 Å². The zero-order valence-electron chi connectivity index (χ0n) is 15.5. The minimum atomic E-state index is -3.78. The highest BCUT2D eigenvalue weighted by molar-refractivity contribution is 7.89. The van der Waals surface area contributed by atoms with Crippen molar-refractivity contribution in [3.05, 3.63) is 76.4 Å². The van der Waals surface area contributed by atoms with Crippen LogP contribution in [0.4, 0.5) is 0 Å². The molecule has 0 aliphatic rings. The van der Waals surface area contributed by atoms with Gasteiger partial charge in [-0.25, -0.2) is 13.1 Å². The van der Waals surface area contributed by atoms with Crippen LogP contribution >= 0.6 is 11.3 Å². The summed E-state index contributed by atoms with van der Waals surface area (Å²) in [5.41, 5.74) is -0.586. The molecular weight excluding hydrogens is 382 g/mol. The minimum absolute atomic E-state index is 0.0611. The monoisotopic (exact) mass is 405 g/mol. The van der Waals surface area contributed by atoms with Crippen molar-refractivity contribution in [3.63, 3.8) is 0 Å². The number of sulfonamides is 1. The molecular formula is C20H23NO4S2. The van der Waals surface area contributed by atoms with Gasteiger partial charge in [0.1, 0.15) is 5.76 Å². The molecule has 144 valence electrons. The quantitative estimate of drug-likeness (QED) is 0.653. The van der Waals surface area contributed by atoms with E-state index in [9.17, 15) is 13.5 Å². The van der Waals surface area contributed by atoms with Gasteiger partial charge in [0.05, 0.1) is 17.7 Å². The van der Waals surface area contributed by atoms with Crippen LogP contribution < -0.4 is 4.72 Å². The molecule has 0 aliphatic heterocycles. The molecule has 2 N–H and O–H groups in total. The van der Waals surface area contributed by atoms with Crippen LogP contribution in [0, 0.1) is 0 Å². The Labute approximate surface area is 163 Å². The van der Waals surface area contributed by atoms with Crippen molar-refractivity contribution in [1.29, 1.82) is 0 Å². The first-order chi connectivity index (χ1) is 12.6. The van der Waals surface area contributed by atoms with Crippen LogP contribution in [-0.2, 0) is 21.0 Å². The average molecular weight is 406 g/mol. The molecule has 0 saturated heterocycles. The van der Waals surface area contributed by atoms with Crippen molar-refractivity contribution in [1.82, 2.24) is 4.72 Å². The van der Waals surface area contributed by atoms with Crippen LogP contribution in [0.25, 0.3) is 0 Å². The minimum Gasteiger partial charge on any atom is -0.466 e. The van der Waals surface area contributed by atoms with Gasteiger partial charge in [0.2, 0.25) is 10.0 Å². The number of nitrogens with one attached hydrogen (secondary N) is 1. The molecule has 0 bridgehead atoms. The Balaban J connectivity index is 1.85. The van der Waals surface area contributed by atoms with Crippen LogP contribution in [-0.4, -0.2) is 20.1 Å². The third kappa shape index (κ3) is 4.16. The van der Waals surface area contributed by atoms with E-state index in [0.717, 1.165) is 5.56 Å². The van der Waals surface area contributed by atoms with E-state index in [1.54, 1.807) is 36.4 Å². The summed E-state index contributed by atoms with van der Waals surface area (Å²) in [6, 6.07) is 13.6. The maximum absolute atomic E-state index is 12.7. The molecule has 3 aromatic rings. The highest BCUT2D eigenvalue weighted by atomic mass is 32.2. The van der Waals surface area contributed by atoms with E-state index in [2.05, 4.69) is 25.5 Å². The predicted molar refractivity (Wildman–Crippen MR) is 106 cm³/mol. The van der Waals surface area contributed by atoms with Gasteiger partial charge >= 0.3 is 0 Å². The molecule has 1 atom stereocenters. The maximum atomic E-state index is 12.7. The van der Waals surface area contributed by atoms with E-state index in [-0.39, 0.29) is 22.6 Å². The molecule has 0 saturated carbocycles. The summed E-state index contributed by atoms with van der Waals surface area (Å²) < 4.78 is 33.3. The summed E-state index contributed by atoms with van der Waals surface area (Å²) >= 11 is 1.33. The molecule has 2 aromatic heterocycles. The highest BCUT2D eigenvalue weighted by Crippen LogP contribution is 2.33. The first-order valence-corrected chi connectivity index (χ1v) is 10.9. The topological polar surface area (TPSA) is 79.5 Å². The number of hydrogen-bond acceptors (Lipinski definition) is 5. The first-order valence-electron chi connectivity index (χ1n) is 8.53. The number of rotatable bonds is 6. The molecule has 0 radical (unpaired) electrons. The zero-order chi connectivity index (χ0) is 19.7. The van der Waals surface area contributed by atoms with E-state index in [4.69, 9.17) is 4.42 Å². The summed E-state index contributed by atoms with van der Waals surface area (Å²) in [7, 11) is -3.78. The Hall–Kier alpha value is -1.93. The van der Waals surface area contributed by atoms with Gasteiger partial charge in [-0.15, -0.1) is 11.3 Å². The Morgan fingerprint density at radius 2 is 1.78 bits per heavy atom. The van der Waals surface area contributed by atoms with Gasteiger partial charge in [0.25, 0.3) is 0 Å². The van der Waals surface area contributed by atoms with Crippen LogP contribution in [0.15, 0.2) is 69.5 Å². The molecule has 0 fully saturated rings. The third-order valence-electron chi connectivity index (χ3n) is 4.41. The first kappa shape index (κ1) is 19.8. The Morgan fingerprint density at radius 1 is 1.07 bits per heavy atom. The summed E-state index contributed by atoms with van der Waals surface area (Å²) in [4.78, 5) is 0.756. The van der Waals surface area contributed by atoms with Gasteiger partial charge in [-0.05, 0) is 46.7 Å². The molecule has 5 nitrogen and oxygen atoms in total. The lowest BCUT2D eigenvalue weighted by Crippen LogP contribution is -2.40. The Morgan fingerprint density at radius 3 is 2.30 bits per heavy atom. The number of hydrogen-bond donors (Lipinski definition) is 2. The molecule has 7 heteroatoms. The van der Waals surface area contributed by atoms with Crippen molar-refractivity contribution < 1.29 is 17.9 Å². The lowest BCUT2D eigenvalue weighted by Gasteiger charge is -2.25. The standard InChI is InChI=1S/C20H23NO4S2/c1-19(2,3)15-8-10-16(11-9-15)27(23,24)21-14-20(22,17-6-4-12-25-17)18-7-5-13-26-18/h4-13,21-22H,14H2,1-3H3. The van der Waals surface area contributed by atoms with Crippen molar-refractivity contribution in [3.8, 4) is 0 Å². The van der Waals surface area contributed by atoms with Gasteiger partial charge in [-0.2, -0.15) is 0 Å². The number of furan rings is 1. The summed E-state index contributed by atoms with van der Waals surface area (Å²) in [5.74, 6) is 0.288. The molecule has 1 aromatic carbocycles. The molecule has 3 rings (SSSR count). The molecule has 0 spiro atoms. The average Bonchev–Trinajstić information content (AvgIpc) is 3.33. The second kappa shape index (κ2) is 7.24. The zero-order valence-corrected chi connectivity index (χ0v) is 17.1. The lowest BCUT2D eigenvalue weighted by atomic mass is 9.87. The summed E-state index contributed by atoms with van der Waals surface area (Å²) in [6.45, 7) is 5.97. The van der Waals surface area contributed by atoms with Gasteiger partial charge in [0, 0.05) is 4.88 Å². The normalized spacial score (nSPS) is 14.8. The number of benzene rings is 1. The van der Waals surface area contributed by atoms with Crippen molar-refractivity contribution in [2.75, 3.05) is 6.54 Å². The van der Waals surface area contributed by atoms with Gasteiger partial charge in [-0.1, -0.05) is 39.0 Å². The fourth-order valence-corrected chi connectivity index (χ4v) is 4.63. The van der Waals surface area contributed by atoms with Crippen LogP contribution in [0.5, 0.6) is 0 Å². The fraction of sp³-hybridized carbons (Fsp3) is 0.300. The van der Waals surface area contributed by atoms with Crippen LogP contribution in [0.1, 0.15) is 37.0 Å². The maximum Gasteiger partial charge on any atom is 0.240 e. The number of thiophene rings is 1. The van der Waals surface area contributed by atoms with E-state index >= 15 is 0 Å². The smallest absolute Gasteiger partial charge is 0.240 e. The van der Waals surface area contributed by atoms with E-state index in [1.807, 2.05) is 17.5 Å². The fourth-order valence-electron chi connectivity index (χ4n) is 2.74. The van der Waals surface area contributed by atoms with Crippen LogP contribution in [0.3, 0.4) is 0 Å². The molecule has 1 unspecified atom stereocenters. The van der Waals surface area contributed by atoms with Gasteiger partial charge in [0.15, 0.2) is 5.60 Å². The Bertz CT molecular complexity index is 934. The van der Waals surface area contributed by atoms with Crippen molar-refractivity contribution >= 4 is 21.4 Å². The van der Waals surface area contributed by atoms with E-state index in [1.165, 1.54) is 17.6 Å². The van der Waals surface area contributed by atoms with Gasteiger partial charge in [-0.3, -0.25) is 0 Å². The number of aliphatic hydroxyl groups is 1.